The van der Waals surface area contributed by atoms with E-state index in [0.717, 1.165) is 31.5 Å². The molecule has 0 unspecified atom stereocenters. The van der Waals surface area contributed by atoms with Crippen molar-refractivity contribution in [3.05, 3.63) is 45.8 Å². The minimum absolute atomic E-state index is 0.0932. The molecule has 1 spiro atoms. The van der Waals surface area contributed by atoms with Crippen LogP contribution in [0.2, 0.25) is 0 Å². The summed E-state index contributed by atoms with van der Waals surface area (Å²) in [5, 5.41) is 0.503. The molecule has 6 heteroatoms. The number of para-hydroxylation sites is 1. The van der Waals surface area contributed by atoms with Crippen LogP contribution in [-0.4, -0.2) is 54.7 Å². The van der Waals surface area contributed by atoms with Crippen LogP contribution in [0.25, 0.3) is 11.0 Å². The first-order valence-corrected chi connectivity index (χ1v) is 8.68. The average molecular weight is 342 g/mol. The first-order valence-electron chi connectivity index (χ1n) is 8.68. The zero-order chi connectivity index (χ0) is 17.6. The summed E-state index contributed by atoms with van der Waals surface area (Å²) in [6.07, 6.45) is 1.54. The third-order valence-electron chi connectivity index (χ3n) is 5.35. The van der Waals surface area contributed by atoms with E-state index in [4.69, 9.17) is 9.15 Å². The Bertz CT molecular complexity index is 881. The fraction of sp³-hybridized carbons (Fsp3) is 0.474. The second kappa shape index (κ2) is 5.97. The quantitative estimate of drug-likeness (QED) is 0.793. The molecule has 1 aromatic carbocycles. The third kappa shape index (κ3) is 2.65. The van der Waals surface area contributed by atoms with E-state index in [2.05, 4.69) is 11.9 Å². The van der Waals surface area contributed by atoms with E-state index in [1.54, 1.807) is 11.0 Å². The maximum absolute atomic E-state index is 13.1. The van der Waals surface area contributed by atoms with Gasteiger partial charge in [0.1, 0.15) is 11.3 Å². The third-order valence-corrected chi connectivity index (χ3v) is 5.35. The Balaban J connectivity index is 1.72. The van der Waals surface area contributed by atoms with Gasteiger partial charge in [0, 0.05) is 38.5 Å². The normalized spacial score (nSPS) is 20.5. The van der Waals surface area contributed by atoms with Crippen LogP contribution in [0.3, 0.4) is 0 Å². The first-order chi connectivity index (χ1) is 12.0. The highest BCUT2D eigenvalue weighted by atomic mass is 16.5. The molecule has 0 N–H and O–H groups in total. The summed E-state index contributed by atoms with van der Waals surface area (Å²) in [7, 11) is 2.07. The Morgan fingerprint density at radius 3 is 2.72 bits per heavy atom. The van der Waals surface area contributed by atoms with Gasteiger partial charge < -0.3 is 19.0 Å². The summed E-state index contributed by atoms with van der Waals surface area (Å²) in [5.74, 6) is -0.167. The number of piperidine rings is 1. The maximum atomic E-state index is 13.1. The molecule has 2 aromatic rings. The molecular weight excluding hydrogens is 320 g/mol. The van der Waals surface area contributed by atoms with Crippen molar-refractivity contribution >= 4 is 16.9 Å². The standard InChI is InChI=1S/C19H22N2O4/c1-13-4-3-5-14-15(22)12-16(25-17(13)14)18(23)21-10-11-24-19(21)6-8-20(2)9-7-19/h3-5,12H,6-11H2,1-2H3. The summed E-state index contributed by atoms with van der Waals surface area (Å²) in [6, 6.07) is 6.72. The molecule has 0 saturated carbocycles. The number of amides is 1. The van der Waals surface area contributed by atoms with Gasteiger partial charge in [-0.2, -0.15) is 0 Å². The molecule has 6 nitrogen and oxygen atoms in total. The number of carbonyl (C=O) groups is 1. The second-order valence-electron chi connectivity index (χ2n) is 6.98. The lowest BCUT2D eigenvalue weighted by Crippen LogP contribution is -2.54. The van der Waals surface area contributed by atoms with Crippen molar-refractivity contribution in [2.45, 2.75) is 25.5 Å². The van der Waals surface area contributed by atoms with Gasteiger partial charge in [0.25, 0.3) is 5.91 Å². The van der Waals surface area contributed by atoms with Gasteiger partial charge in [-0.25, -0.2) is 0 Å². The molecule has 2 aliphatic heterocycles. The number of rotatable bonds is 1. The number of ether oxygens (including phenoxy) is 1. The van der Waals surface area contributed by atoms with Crippen LogP contribution >= 0.6 is 0 Å². The van der Waals surface area contributed by atoms with E-state index in [1.807, 2.05) is 19.1 Å². The summed E-state index contributed by atoms with van der Waals surface area (Å²) in [5.41, 5.74) is 0.570. The van der Waals surface area contributed by atoms with Crippen LogP contribution in [0.15, 0.2) is 33.5 Å². The van der Waals surface area contributed by atoms with Crippen molar-refractivity contribution in [1.29, 1.82) is 0 Å². The molecule has 0 atom stereocenters. The molecule has 3 heterocycles. The van der Waals surface area contributed by atoms with Crippen molar-refractivity contribution in [3.63, 3.8) is 0 Å². The van der Waals surface area contributed by atoms with Gasteiger partial charge in [0.15, 0.2) is 11.2 Å². The molecule has 1 amide bonds. The van der Waals surface area contributed by atoms with E-state index in [1.165, 1.54) is 6.07 Å². The molecule has 0 radical (unpaired) electrons. The number of carbonyl (C=O) groups excluding carboxylic acids is 1. The highest BCUT2D eigenvalue weighted by Crippen LogP contribution is 2.35. The van der Waals surface area contributed by atoms with Gasteiger partial charge in [0.05, 0.1) is 12.0 Å². The van der Waals surface area contributed by atoms with Gasteiger partial charge in [-0.1, -0.05) is 12.1 Å². The topological polar surface area (TPSA) is 63.0 Å². The van der Waals surface area contributed by atoms with E-state index in [9.17, 15) is 9.59 Å². The fourth-order valence-corrected chi connectivity index (χ4v) is 3.83. The predicted molar refractivity (Wildman–Crippen MR) is 93.7 cm³/mol. The van der Waals surface area contributed by atoms with Gasteiger partial charge in [-0.15, -0.1) is 0 Å². The highest BCUT2D eigenvalue weighted by Gasteiger charge is 2.47. The molecular formula is C19H22N2O4. The number of likely N-dealkylation sites (tertiary alicyclic amines) is 1. The zero-order valence-corrected chi connectivity index (χ0v) is 14.6. The maximum Gasteiger partial charge on any atom is 0.292 e. The monoisotopic (exact) mass is 342 g/mol. The number of fused-ring (bicyclic) bond motifs is 1. The molecule has 2 aliphatic rings. The Kier molecular flexibility index (Phi) is 3.89. The first kappa shape index (κ1) is 16.3. The largest absolute Gasteiger partial charge is 0.450 e. The van der Waals surface area contributed by atoms with Crippen molar-refractivity contribution < 1.29 is 13.9 Å². The summed E-state index contributed by atoms with van der Waals surface area (Å²) >= 11 is 0. The Hall–Kier alpha value is -2.18. The number of benzene rings is 1. The van der Waals surface area contributed by atoms with Crippen LogP contribution < -0.4 is 5.43 Å². The van der Waals surface area contributed by atoms with Crippen molar-refractivity contribution in [1.82, 2.24) is 9.80 Å². The summed E-state index contributed by atoms with van der Waals surface area (Å²) in [4.78, 5) is 29.5. The van der Waals surface area contributed by atoms with Crippen LogP contribution in [0.4, 0.5) is 0 Å². The molecule has 1 aromatic heterocycles. The van der Waals surface area contributed by atoms with Gasteiger partial charge in [0.2, 0.25) is 0 Å². The molecule has 0 bridgehead atoms. The van der Waals surface area contributed by atoms with Gasteiger partial charge >= 0.3 is 0 Å². The van der Waals surface area contributed by atoms with Crippen LogP contribution in [0.5, 0.6) is 0 Å². The molecule has 2 fully saturated rings. The molecule has 2 saturated heterocycles. The van der Waals surface area contributed by atoms with E-state index < -0.39 is 5.72 Å². The van der Waals surface area contributed by atoms with Crippen LogP contribution in [-0.2, 0) is 4.74 Å². The fourth-order valence-electron chi connectivity index (χ4n) is 3.83. The number of hydrogen-bond donors (Lipinski definition) is 0. The Labute approximate surface area is 146 Å². The lowest BCUT2D eigenvalue weighted by Gasteiger charge is -2.42. The molecule has 0 aliphatic carbocycles. The van der Waals surface area contributed by atoms with Crippen molar-refractivity contribution in [2.75, 3.05) is 33.3 Å². The van der Waals surface area contributed by atoms with Crippen molar-refractivity contribution in [2.24, 2.45) is 0 Å². The second-order valence-corrected chi connectivity index (χ2v) is 6.98. The zero-order valence-electron chi connectivity index (χ0n) is 14.6. The van der Waals surface area contributed by atoms with Crippen LogP contribution in [0, 0.1) is 6.92 Å². The SMILES string of the molecule is Cc1cccc2c(=O)cc(C(=O)N3CCOC34CCN(C)CC4)oc12. The summed E-state index contributed by atoms with van der Waals surface area (Å²) in [6.45, 7) is 4.68. The lowest BCUT2D eigenvalue weighted by molar-refractivity contribution is -0.103. The smallest absolute Gasteiger partial charge is 0.292 e. The molecule has 4 rings (SSSR count). The lowest BCUT2D eigenvalue weighted by atomic mass is 9.99. The van der Waals surface area contributed by atoms with E-state index >= 15 is 0 Å². The average Bonchev–Trinajstić information content (AvgIpc) is 3.01. The van der Waals surface area contributed by atoms with Gasteiger partial charge in [-0.05, 0) is 25.6 Å². The van der Waals surface area contributed by atoms with Crippen molar-refractivity contribution in [3.8, 4) is 0 Å². The number of nitrogens with zero attached hydrogens (tertiary/aromatic N) is 2. The minimum Gasteiger partial charge on any atom is -0.450 e. The van der Waals surface area contributed by atoms with Crippen LogP contribution in [0.1, 0.15) is 29.0 Å². The predicted octanol–water partition coefficient (Wildman–Crippen LogP) is 2.00. The Morgan fingerprint density at radius 2 is 1.96 bits per heavy atom. The number of hydrogen-bond acceptors (Lipinski definition) is 5. The molecule has 132 valence electrons. The highest BCUT2D eigenvalue weighted by molar-refractivity contribution is 5.94. The summed E-state index contributed by atoms with van der Waals surface area (Å²) < 4.78 is 11.8. The van der Waals surface area contributed by atoms with E-state index in [-0.39, 0.29) is 17.1 Å². The number of aryl methyl sites for hydroxylation is 1. The molecule has 25 heavy (non-hydrogen) atoms. The Morgan fingerprint density at radius 1 is 1.20 bits per heavy atom. The van der Waals surface area contributed by atoms with E-state index in [0.29, 0.717) is 24.1 Å². The van der Waals surface area contributed by atoms with Gasteiger partial charge in [-0.3, -0.25) is 9.59 Å². The minimum atomic E-state index is -0.567.